The lowest BCUT2D eigenvalue weighted by Crippen LogP contribution is -2.39. The standard InChI is InChI=1S/C11H25N2/c1-6-11-8-13(4,5)9-12(11)7-10(2)3/h10-11H,6-9H2,1-5H3/q+1. The van der Waals surface area contributed by atoms with Crippen molar-refractivity contribution in [3.8, 4) is 0 Å². The fourth-order valence-electron chi connectivity index (χ4n) is 2.41. The van der Waals surface area contributed by atoms with Gasteiger partial charge in [0.15, 0.2) is 0 Å². The van der Waals surface area contributed by atoms with Crippen molar-refractivity contribution in [1.29, 1.82) is 0 Å². The molecule has 1 heterocycles. The van der Waals surface area contributed by atoms with E-state index in [0.29, 0.717) is 0 Å². The Hall–Kier alpha value is -0.0800. The lowest BCUT2D eigenvalue weighted by atomic mass is 10.1. The van der Waals surface area contributed by atoms with E-state index >= 15 is 0 Å². The van der Waals surface area contributed by atoms with E-state index in [-0.39, 0.29) is 0 Å². The van der Waals surface area contributed by atoms with Crippen LogP contribution in [0.3, 0.4) is 0 Å². The number of hydrogen-bond acceptors (Lipinski definition) is 1. The molecule has 1 rings (SSSR count). The highest BCUT2D eigenvalue weighted by molar-refractivity contribution is 4.73. The van der Waals surface area contributed by atoms with Crippen LogP contribution in [0.4, 0.5) is 0 Å². The van der Waals surface area contributed by atoms with Gasteiger partial charge in [0.1, 0.15) is 6.67 Å². The minimum absolute atomic E-state index is 0.798. The van der Waals surface area contributed by atoms with E-state index in [9.17, 15) is 0 Å². The summed E-state index contributed by atoms with van der Waals surface area (Å²) in [4.78, 5) is 2.66. The Labute approximate surface area is 83.1 Å². The number of quaternary nitrogens is 1. The number of rotatable bonds is 3. The Morgan fingerprint density at radius 3 is 2.46 bits per heavy atom. The van der Waals surface area contributed by atoms with E-state index in [1.807, 2.05) is 0 Å². The predicted molar refractivity (Wildman–Crippen MR) is 57.5 cm³/mol. The minimum atomic E-state index is 0.798. The van der Waals surface area contributed by atoms with Gasteiger partial charge in [-0.3, -0.25) is 0 Å². The monoisotopic (exact) mass is 185 g/mol. The summed E-state index contributed by atoms with van der Waals surface area (Å²) in [6.07, 6.45) is 1.30. The van der Waals surface area contributed by atoms with E-state index < -0.39 is 0 Å². The van der Waals surface area contributed by atoms with Gasteiger partial charge >= 0.3 is 0 Å². The first-order chi connectivity index (χ1) is 5.94. The van der Waals surface area contributed by atoms with Gasteiger partial charge in [-0.25, -0.2) is 4.90 Å². The maximum Gasteiger partial charge on any atom is 0.135 e. The van der Waals surface area contributed by atoms with Gasteiger partial charge in [0.25, 0.3) is 0 Å². The van der Waals surface area contributed by atoms with Gasteiger partial charge < -0.3 is 4.48 Å². The highest BCUT2D eigenvalue weighted by Gasteiger charge is 2.36. The minimum Gasteiger partial charge on any atom is -0.315 e. The summed E-state index contributed by atoms with van der Waals surface area (Å²) in [6, 6.07) is 0.817. The molecule has 0 aromatic heterocycles. The third-order valence-corrected chi connectivity index (χ3v) is 2.86. The van der Waals surface area contributed by atoms with E-state index in [4.69, 9.17) is 0 Å². The number of likely N-dealkylation sites (N-methyl/N-ethyl adjacent to an activating group) is 1. The van der Waals surface area contributed by atoms with E-state index in [1.54, 1.807) is 0 Å². The molecule has 0 aromatic rings. The molecule has 13 heavy (non-hydrogen) atoms. The van der Waals surface area contributed by atoms with Gasteiger partial charge in [-0.05, 0) is 12.3 Å². The van der Waals surface area contributed by atoms with Crippen molar-refractivity contribution >= 4 is 0 Å². The van der Waals surface area contributed by atoms with Crippen molar-refractivity contribution in [3.05, 3.63) is 0 Å². The molecule has 1 fully saturated rings. The topological polar surface area (TPSA) is 3.24 Å². The smallest absolute Gasteiger partial charge is 0.135 e. The van der Waals surface area contributed by atoms with Crippen LogP contribution < -0.4 is 0 Å². The molecule has 0 radical (unpaired) electrons. The van der Waals surface area contributed by atoms with E-state index in [2.05, 4.69) is 39.8 Å². The molecule has 1 saturated heterocycles. The lowest BCUT2D eigenvalue weighted by Gasteiger charge is -2.24. The van der Waals surface area contributed by atoms with Crippen LogP contribution in [-0.4, -0.2) is 49.3 Å². The van der Waals surface area contributed by atoms with E-state index in [0.717, 1.165) is 12.0 Å². The SMILES string of the molecule is CCC1C[N+](C)(C)CN1CC(C)C. The van der Waals surface area contributed by atoms with Crippen LogP contribution in [0.15, 0.2) is 0 Å². The molecule has 1 atom stereocenters. The Morgan fingerprint density at radius 1 is 1.38 bits per heavy atom. The van der Waals surface area contributed by atoms with Crippen LogP contribution in [0.5, 0.6) is 0 Å². The normalized spacial score (nSPS) is 28.6. The Balaban J connectivity index is 2.53. The fourth-order valence-corrected chi connectivity index (χ4v) is 2.41. The molecule has 0 aliphatic carbocycles. The molecule has 0 aromatic carbocycles. The molecule has 0 amide bonds. The molecule has 2 heteroatoms. The second kappa shape index (κ2) is 3.97. The first-order valence-electron chi connectivity index (χ1n) is 5.50. The summed E-state index contributed by atoms with van der Waals surface area (Å²) in [5.41, 5.74) is 0. The molecular formula is C11H25N2+. The average Bonchev–Trinajstić information content (AvgIpc) is 2.24. The van der Waals surface area contributed by atoms with Crippen molar-refractivity contribution in [3.63, 3.8) is 0 Å². The van der Waals surface area contributed by atoms with Crippen molar-refractivity contribution in [1.82, 2.24) is 4.90 Å². The van der Waals surface area contributed by atoms with Crippen LogP contribution >= 0.6 is 0 Å². The summed E-state index contributed by atoms with van der Waals surface area (Å²) >= 11 is 0. The molecule has 0 bridgehead atoms. The van der Waals surface area contributed by atoms with Crippen LogP contribution in [0.25, 0.3) is 0 Å². The summed E-state index contributed by atoms with van der Waals surface area (Å²) in [5.74, 6) is 0.798. The van der Waals surface area contributed by atoms with Crippen molar-refractivity contribution < 1.29 is 4.48 Å². The summed E-state index contributed by atoms with van der Waals surface area (Å²) in [6.45, 7) is 10.7. The van der Waals surface area contributed by atoms with Gasteiger partial charge in [-0.15, -0.1) is 0 Å². The van der Waals surface area contributed by atoms with Crippen LogP contribution in [0.1, 0.15) is 27.2 Å². The Kier molecular flexibility index (Phi) is 3.36. The first kappa shape index (κ1) is 11.0. The highest BCUT2D eigenvalue weighted by atomic mass is 15.5. The zero-order valence-electron chi connectivity index (χ0n) is 9.88. The van der Waals surface area contributed by atoms with Crippen LogP contribution in [-0.2, 0) is 0 Å². The van der Waals surface area contributed by atoms with Crippen LogP contribution in [0, 0.1) is 5.92 Å². The quantitative estimate of drug-likeness (QED) is 0.606. The van der Waals surface area contributed by atoms with Gasteiger partial charge in [-0.2, -0.15) is 0 Å². The second-order valence-corrected chi connectivity index (χ2v) is 5.49. The highest BCUT2D eigenvalue weighted by Crippen LogP contribution is 2.20. The summed E-state index contributed by atoms with van der Waals surface area (Å²) in [7, 11) is 4.67. The largest absolute Gasteiger partial charge is 0.315 e. The maximum absolute atomic E-state index is 2.66. The number of nitrogens with zero attached hydrogens (tertiary/aromatic N) is 2. The van der Waals surface area contributed by atoms with E-state index in [1.165, 1.54) is 30.7 Å². The maximum atomic E-state index is 2.66. The Bertz CT molecular complexity index is 163. The summed E-state index contributed by atoms with van der Waals surface area (Å²) < 4.78 is 1.17. The Morgan fingerprint density at radius 2 is 2.00 bits per heavy atom. The predicted octanol–water partition coefficient (Wildman–Crippen LogP) is 1.77. The lowest BCUT2D eigenvalue weighted by molar-refractivity contribution is -0.883. The molecular weight excluding hydrogens is 160 g/mol. The zero-order chi connectivity index (χ0) is 10.1. The van der Waals surface area contributed by atoms with Gasteiger partial charge in [0.2, 0.25) is 0 Å². The third kappa shape index (κ3) is 2.96. The first-order valence-corrected chi connectivity index (χ1v) is 5.50. The molecule has 1 aliphatic heterocycles. The van der Waals surface area contributed by atoms with Gasteiger partial charge in [0.05, 0.1) is 26.7 Å². The second-order valence-electron chi connectivity index (χ2n) is 5.49. The van der Waals surface area contributed by atoms with Crippen molar-refractivity contribution in [2.24, 2.45) is 5.92 Å². The van der Waals surface area contributed by atoms with Crippen LogP contribution in [0.2, 0.25) is 0 Å². The number of hydrogen-bond donors (Lipinski definition) is 0. The fraction of sp³-hybridized carbons (Fsp3) is 1.00. The molecule has 2 nitrogen and oxygen atoms in total. The third-order valence-electron chi connectivity index (χ3n) is 2.86. The summed E-state index contributed by atoms with van der Waals surface area (Å²) in [5, 5.41) is 0. The van der Waals surface area contributed by atoms with Gasteiger partial charge in [0, 0.05) is 6.54 Å². The molecule has 0 N–H and O–H groups in total. The van der Waals surface area contributed by atoms with Crippen molar-refractivity contribution in [2.75, 3.05) is 33.9 Å². The zero-order valence-corrected chi connectivity index (χ0v) is 9.88. The molecule has 1 aliphatic rings. The average molecular weight is 185 g/mol. The molecule has 78 valence electrons. The van der Waals surface area contributed by atoms with Gasteiger partial charge in [-0.1, -0.05) is 20.8 Å². The molecule has 0 spiro atoms. The molecule has 1 unspecified atom stereocenters. The molecule has 0 saturated carbocycles. The van der Waals surface area contributed by atoms with Crippen molar-refractivity contribution in [2.45, 2.75) is 33.2 Å².